The molecule has 2 aromatic carbocycles. The Kier molecular flexibility index (Phi) is 5.94. The zero-order valence-electron chi connectivity index (χ0n) is 15.9. The third-order valence-electron chi connectivity index (χ3n) is 5.02. The SMILES string of the molecule is O=C(NCc1ccc(Cl)cc1)c1ncc2ccc(CN3CCOCC3)cc2c1O. The van der Waals surface area contributed by atoms with Gasteiger partial charge in [-0.05, 0) is 29.3 Å². The molecule has 1 aliphatic rings. The van der Waals surface area contributed by atoms with Crippen molar-refractivity contribution in [1.82, 2.24) is 15.2 Å². The van der Waals surface area contributed by atoms with E-state index >= 15 is 0 Å². The standard InChI is InChI=1S/C22H22ClN3O3/c23-18-5-2-15(3-6-18)12-25-22(28)20-21(27)19-11-16(1-4-17(19)13-24-20)14-26-7-9-29-10-8-26/h1-6,11,13,27H,7-10,12,14H2,(H,25,28). The van der Waals surface area contributed by atoms with Gasteiger partial charge in [-0.3, -0.25) is 9.69 Å². The highest BCUT2D eigenvalue weighted by atomic mass is 35.5. The molecular formula is C22H22ClN3O3. The quantitative estimate of drug-likeness (QED) is 0.673. The van der Waals surface area contributed by atoms with Gasteiger partial charge in [0, 0.05) is 48.2 Å². The van der Waals surface area contributed by atoms with Crippen LogP contribution in [0, 0.1) is 0 Å². The molecule has 0 bridgehead atoms. The number of morpholine rings is 1. The van der Waals surface area contributed by atoms with E-state index in [0.29, 0.717) is 17.0 Å². The van der Waals surface area contributed by atoms with E-state index in [-0.39, 0.29) is 11.4 Å². The Morgan fingerprint density at radius 1 is 1.14 bits per heavy atom. The number of ether oxygens (including phenoxy) is 1. The molecule has 29 heavy (non-hydrogen) atoms. The first-order chi connectivity index (χ1) is 14.1. The second kappa shape index (κ2) is 8.78. The van der Waals surface area contributed by atoms with Gasteiger partial charge in [-0.15, -0.1) is 0 Å². The Morgan fingerprint density at radius 2 is 1.86 bits per heavy atom. The van der Waals surface area contributed by atoms with Gasteiger partial charge in [-0.2, -0.15) is 0 Å². The number of nitrogens with zero attached hydrogens (tertiary/aromatic N) is 2. The van der Waals surface area contributed by atoms with Gasteiger partial charge in [0.15, 0.2) is 11.4 Å². The maximum Gasteiger partial charge on any atom is 0.274 e. The lowest BCUT2D eigenvalue weighted by Gasteiger charge is -2.26. The van der Waals surface area contributed by atoms with Crippen molar-refractivity contribution >= 4 is 28.3 Å². The Bertz CT molecular complexity index is 1020. The average Bonchev–Trinajstić information content (AvgIpc) is 2.74. The molecule has 4 rings (SSSR count). The maximum atomic E-state index is 12.6. The fourth-order valence-corrected chi connectivity index (χ4v) is 3.52. The average molecular weight is 412 g/mol. The van der Waals surface area contributed by atoms with Crippen LogP contribution >= 0.6 is 11.6 Å². The van der Waals surface area contributed by atoms with Crippen LogP contribution in [0.25, 0.3) is 10.8 Å². The van der Waals surface area contributed by atoms with E-state index in [1.54, 1.807) is 18.3 Å². The fourth-order valence-electron chi connectivity index (χ4n) is 3.39. The number of carbonyl (C=O) groups is 1. The summed E-state index contributed by atoms with van der Waals surface area (Å²) in [6, 6.07) is 13.1. The van der Waals surface area contributed by atoms with Crippen LogP contribution in [0.1, 0.15) is 21.6 Å². The van der Waals surface area contributed by atoms with E-state index in [0.717, 1.165) is 49.4 Å². The number of hydrogen-bond donors (Lipinski definition) is 2. The highest BCUT2D eigenvalue weighted by molar-refractivity contribution is 6.30. The summed E-state index contributed by atoms with van der Waals surface area (Å²) >= 11 is 5.88. The third-order valence-corrected chi connectivity index (χ3v) is 5.27. The largest absolute Gasteiger partial charge is 0.505 e. The number of fused-ring (bicyclic) bond motifs is 1. The van der Waals surface area contributed by atoms with Gasteiger partial charge in [-0.25, -0.2) is 4.98 Å². The Hall–Kier alpha value is -2.67. The molecule has 0 aliphatic carbocycles. The Morgan fingerprint density at radius 3 is 2.62 bits per heavy atom. The van der Waals surface area contributed by atoms with Gasteiger partial charge in [0.05, 0.1) is 13.2 Å². The molecule has 2 N–H and O–H groups in total. The van der Waals surface area contributed by atoms with Crippen molar-refractivity contribution < 1.29 is 14.6 Å². The van der Waals surface area contributed by atoms with Crippen molar-refractivity contribution in [3.63, 3.8) is 0 Å². The van der Waals surface area contributed by atoms with Gasteiger partial charge < -0.3 is 15.2 Å². The Balaban J connectivity index is 1.52. The summed E-state index contributed by atoms with van der Waals surface area (Å²) in [5.41, 5.74) is 2.01. The number of aromatic hydroxyl groups is 1. The summed E-state index contributed by atoms with van der Waals surface area (Å²) in [5.74, 6) is -0.516. The number of benzene rings is 2. The number of pyridine rings is 1. The minimum atomic E-state index is -0.419. The second-order valence-corrected chi connectivity index (χ2v) is 7.51. The van der Waals surface area contributed by atoms with E-state index in [1.165, 1.54) is 0 Å². The summed E-state index contributed by atoms with van der Waals surface area (Å²) in [5, 5.41) is 15.6. The van der Waals surface area contributed by atoms with Gasteiger partial charge in [0.2, 0.25) is 0 Å². The highest BCUT2D eigenvalue weighted by Gasteiger charge is 2.17. The minimum absolute atomic E-state index is 0.0231. The number of rotatable bonds is 5. The molecule has 1 fully saturated rings. The molecular weight excluding hydrogens is 390 g/mol. The molecule has 2 heterocycles. The van der Waals surface area contributed by atoms with E-state index < -0.39 is 5.91 Å². The lowest BCUT2D eigenvalue weighted by Crippen LogP contribution is -2.35. The molecule has 6 nitrogen and oxygen atoms in total. The summed E-state index contributed by atoms with van der Waals surface area (Å²) in [6.45, 7) is 4.35. The van der Waals surface area contributed by atoms with Gasteiger partial charge in [0.25, 0.3) is 5.91 Å². The molecule has 3 aromatic rings. The van der Waals surface area contributed by atoms with Crippen LogP contribution < -0.4 is 5.32 Å². The number of aromatic nitrogens is 1. The molecule has 0 spiro atoms. The number of carbonyl (C=O) groups excluding carboxylic acids is 1. The monoisotopic (exact) mass is 411 g/mol. The first-order valence-corrected chi connectivity index (χ1v) is 9.91. The molecule has 1 saturated heterocycles. The van der Waals surface area contributed by atoms with Crippen LogP contribution in [0.4, 0.5) is 0 Å². The van der Waals surface area contributed by atoms with Crippen LogP contribution in [-0.4, -0.2) is 47.2 Å². The molecule has 1 aromatic heterocycles. The molecule has 0 saturated carbocycles. The van der Waals surface area contributed by atoms with E-state index in [2.05, 4.69) is 15.2 Å². The normalized spacial score (nSPS) is 14.8. The van der Waals surface area contributed by atoms with Crippen LogP contribution in [0.3, 0.4) is 0 Å². The molecule has 7 heteroatoms. The number of hydrogen-bond acceptors (Lipinski definition) is 5. The number of halogens is 1. The molecule has 150 valence electrons. The van der Waals surface area contributed by atoms with Crippen LogP contribution in [-0.2, 0) is 17.8 Å². The van der Waals surface area contributed by atoms with Crippen LogP contribution in [0.15, 0.2) is 48.7 Å². The van der Waals surface area contributed by atoms with Gasteiger partial charge in [-0.1, -0.05) is 35.9 Å². The predicted molar refractivity (Wildman–Crippen MR) is 112 cm³/mol. The highest BCUT2D eigenvalue weighted by Crippen LogP contribution is 2.28. The predicted octanol–water partition coefficient (Wildman–Crippen LogP) is 3.36. The van der Waals surface area contributed by atoms with Crippen LogP contribution in [0.5, 0.6) is 5.75 Å². The van der Waals surface area contributed by atoms with E-state index in [1.807, 2.05) is 30.3 Å². The summed E-state index contributed by atoms with van der Waals surface area (Å²) in [6.07, 6.45) is 1.62. The first-order valence-electron chi connectivity index (χ1n) is 9.53. The summed E-state index contributed by atoms with van der Waals surface area (Å²) < 4.78 is 5.39. The van der Waals surface area contributed by atoms with Crippen LogP contribution in [0.2, 0.25) is 5.02 Å². The number of amides is 1. The van der Waals surface area contributed by atoms with E-state index in [9.17, 15) is 9.90 Å². The molecule has 0 atom stereocenters. The molecule has 1 aliphatic heterocycles. The summed E-state index contributed by atoms with van der Waals surface area (Å²) in [7, 11) is 0. The van der Waals surface area contributed by atoms with Crippen molar-refractivity contribution in [1.29, 1.82) is 0 Å². The lowest BCUT2D eigenvalue weighted by molar-refractivity contribution is 0.0342. The minimum Gasteiger partial charge on any atom is -0.505 e. The Labute approximate surface area is 174 Å². The van der Waals surface area contributed by atoms with Crippen molar-refractivity contribution in [2.75, 3.05) is 26.3 Å². The molecule has 0 radical (unpaired) electrons. The zero-order valence-corrected chi connectivity index (χ0v) is 16.7. The second-order valence-electron chi connectivity index (χ2n) is 7.07. The maximum absolute atomic E-state index is 12.6. The molecule has 1 amide bonds. The van der Waals surface area contributed by atoms with Crippen molar-refractivity contribution in [2.45, 2.75) is 13.1 Å². The third kappa shape index (κ3) is 4.67. The first kappa shape index (κ1) is 19.6. The topological polar surface area (TPSA) is 74.7 Å². The van der Waals surface area contributed by atoms with Crippen molar-refractivity contribution in [3.05, 3.63) is 70.5 Å². The zero-order chi connectivity index (χ0) is 20.2. The smallest absolute Gasteiger partial charge is 0.274 e. The van der Waals surface area contributed by atoms with Crippen molar-refractivity contribution in [2.24, 2.45) is 0 Å². The number of nitrogens with one attached hydrogen (secondary N) is 1. The van der Waals surface area contributed by atoms with Gasteiger partial charge in [0.1, 0.15) is 0 Å². The van der Waals surface area contributed by atoms with Crippen molar-refractivity contribution in [3.8, 4) is 5.75 Å². The lowest BCUT2D eigenvalue weighted by atomic mass is 10.1. The summed E-state index contributed by atoms with van der Waals surface area (Å²) in [4.78, 5) is 19.0. The fraction of sp³-hybridized carbons (Fsp3) is 0.273. The molecule has 0 unspecified atom stereocenters. The van der Waals surface area contributed by atoms with E-state index in [4.69, 9.17) is 16.3 Å². The van der Waals surface area contributed by atoms with Gasteiger partial charge >= 0.3 is 0 Å².